The molecule has 6 N–H and O–H groups in total. The first kappa shape index (κ1) is 20.6. The van der Waals surface area contributed by atoms with Crippen molar-refractivity contribution < 1.29 is 9.50 Å². The summed E-state index contributed by atoms with van der Waals surface area (Å²) in [4.78, 5) is 2.21. The van der Waals surface area contributed by atoms with E-state index in [0.717, 1.165) is 25.8 Å². The Bertz CT molecular complexity index is 801. The molecule has 28 heavy (non-hydrogen) atoms. The molecular weight excluding hydrogens is 355 g/mol. The SMILES string of the molecule is CC1CCCC(CN(C)Cc2ccccc2)C1(O)c1cc(F)cc(NN)c1N. The molecular formula is C22H31FN4O. The van der Waals surface area contributed by atoms with E-state index in [1.54, 1.807) is 0 Å². The summed E-state index contributed by atoms with van der Waals surface area (Å²) in [7, 11) is 2.05. The molecule has 2 aromatic rings. The molecule has 152 valence electrons. The van der Waals surface area contributed by atoms with Gasteiger partial charge in [-0.15, -0.1) is 0 Å². The first-order chi connectivity index (χ1) is 13.4. The summed E-state index contributed by atoms with van der Waals surface area (Å²) in [5, 5.41) is 11.9. The molecule has 0 aromatic heterocycles. The maximum absolute atomic E-state index is 14.3. The monoisotopic (exact) mass is 386 g/mol. The third-order valence-corrected chi connectivity index (χ3v) is 6.12. The Morgan fingerprint density at radius 1 is 1.25 bits per heavy atom. The zero-order valence-corrected chi connectivity index (χ0v) is 16.7. The van der Waals surface area contributed by atoms with Crippen LogP contribution in [0, 0.1) is 17.7 Å². The average Bonchev–Trinajstić information content (AvgIpc) is 2.67. The summed E-state index contributed by atoms with van der Waals surface area (Å²) in [5.74, 6) is 4.96. The molecule has 1 aliphatic carbocycles. The lowest BCUT2D eigenvalue weighted by atomic mass is 9.65. The van der Waals surface area contributed by atoms with Crippen molar-refractivity contribution in [3.63, 3.8) is 0 Å². The van der Waals surface area contributed by atoms with Crippen LogP contribution in [-0.4, -0.2) is 23.6 Å². The van der Waals surface area contributed by atoms with E-state index in [0.29, 0.717) is 23.5 Å². The number of rotatable bonds is 6. The summed E-state index contributed by atoms with van der Waals surface area (Å²) in [5.41, 5.74) is 9.79. The molecule has 0 spiro atoms. The smallest absolute Gasteiger partial charge is 0.125 e. The molecule has 0 saturated heterocycles. The van der Waals surface area contributed by atoms with Crippen LogP contribution in [0.4, 0.5) is 15.8 Å². The van der Waals surface area contributed by atoms with Crippen LogP contribution in [0.25, 0.3) is 0 Å². The van der Waals surface area contributed by atoms with E-state index >= 15 is 0 Å². The van der Waals surface area contributed by atoms with Gasteiger partial charge in [0, 0.05) is 30.6 Å². The van der Waals surface area contributed by atoms with Gasteiger partial charge in [-0.05, 0) is 37.4 Å². The topological polar surface area (TPSA) is 87.5 Å². The van der Waals surface area contributed by atoms with Crippen LogP contribution in [0.5, 0.6) is 0 Å². The summed E-state index contributed by atoms with van der Waals surface area (Å²) in [6.07, 6.45) is 2.77. The first-order valence-corrected chi connectivity index (χ1v) is 9.87. The van der Waals surface area contributed by atoms with Gasteiger partial charge in [0.15, 0.2) is 0 Å². The number of nitrogens with zero attached hydrogens (tertiary/aromatic N) is 1. The summed E-state index contributed by atoms with van der Waals surface area (Å²) in [6, 6.07) is 12.9. The van der Waals surface area contributed by atoms with Gasteiger partial charge in [0.25, 0.3) is 0 Å². The summed E-state index contributed by atoms with van der Waals surface area (Å²) >= 11 is 0. The Morgan fingerprint density at radius 3 is 2.64 bits per heavy atom. The first-order valence-electron chi connectivity index (χ1n) is 9.87. The Hall–Kier alpha value is -2.15. The van der Waals surface area contributed by atoms with Crippen molar-refractivity contribution in [3.8, 4) is 0 Å². The number of nitrogens with two attached hydrogens (primary N) is 2. The lowest BCUT2D eigenvalue weighted by molar-refractivity contribution is -0.103. The standard InChI is InChI=1S/C22H31FN4O/c1-15-7-6-10-17(14-27(2)13-16-8-4-3-5-9-16)22(15,28)19-11-18(23)12-20(26-25)21(19)24/h3-5,8-9,11-12,15,17,26,28H,6-7,10,13-14,24-25H2,1-2H3. The average molecular weight is 387 g/mol. The minimum absolute atomic E-state index is 0.0360. The van der Waals surface area contributed by atoms with E-state index in [4.69, 9.17) is 11.6 Å². The number of halogens is 1. The van der Waals surface area contributed by atoms with Gasteiger partial charge < -0.3 is 21.2 Å². The Labute approximate surface area is 166 Å². The van der Waals surface area contributed by atoms with E-state index in [2.05, 4.69) is 29.5 Å². The maximum Gasteiger partial charge on any atom is 0.125 e. The fourth-order valence-corrected chi connectivity index (χ4v) is 4.63. The molecule has 3 unspecified atom stereocenters. The summed E-state index contributed by atoms with van der Waals surface area (Å²) < 4.78 is 14.3. The van der Waals surface area contributed by atoms with Gasteiger partial charge in [-0.1, -0.05) is 43.7 Å². The zero-order chi connectivity index (χ0) is 20.3. The van der Waals surface area contributed by atoms with Crippen molar-refractivity contribution >= 4 is 11.4 Å². The molecule has 0 heterocycles. The van der Waals surface area contributed by atoms with Gasteiger partial charge in [-0.3, -0.25) is 5.84 Å². The molecule has 0 amide bonds. The maximum atomic E-state index is 14.3. The van der Waals surface area contributed by atoms with Gasteiger partial charge in [-0.25, -0.2) is 4.39 Å². The van der Waals surface area contributed by atoms with Crippen LogP contribution in [0.2, 0.25) is 0 Å². The predicted molar refractivity (Wildman–Crippen MR) is 112 cm³/mol. The van der Waals surface area contributed by atoms with E-state index < -0.39 is 11.4 Å². The molecule has 1 fully saturated rings. The Morgan fingerprint density at radius 2 is 1.96 bits per heavy atom. The normalized spacial score (nSPS) is 25.1. The Kier molecular flexibility index (Phi) is 6.23. The largest absolute Gasteiger partial charge is 0.397 e. The van der Waals surface area contributed by atoms with Gasteiger partial charge >= 0.3 is 0 Å². The highest BCUT2D eigenvalue weighted by molar-refractivity contribution is 5.71. The second kappa shape index (κ2) is 8.47. The molecule has 3 rings (SSSR count). The molecule has 2 aromatic carbocycles. The van der Waals surface area contributed by atoms with Gasteiger partial charge in [0.05, 0.1) is 17.0 Å². The minimum atomic E-state index is -1.21. The van der Waals surface area contributed by atoms with E-state index in [1.807, 2.05) is 25.1 Å². The molecule has 0 bridgehead atoms. The molecule has 0 radical (unpaired) electrons. The fourth-order valence-electron chi connectivity index (χ4n) is 4.63. The van der Waals surface area contributed by atoms with Crippen molar-refractivity contribution in [1.82, 2.24) is 4.90 Å². The second-order valence-electron chi connectivity index (χ2n) is 8.10. The van der Waals surface area contributed by atoms with Crippen LogP contribution >= 0.6 is 0 Å². The van der Waals surface area contributed by atoms with Crippen molar-refractivity contribution in [3.05, 3.63) is 59.4 Å². The second-order valence-corrected chi connectivity index (χ2v) is 8.10. The van der Waals surface area contributed by atoms with E-state index in [-0.39, 0.29) is 11.8 Å². The number of hydrazine groups is 1. The van der Waals surface area contributed by atoms with Gasteiger partial charge in [0.2, 0.25) is 0 Å². The number of nitrogens with one attached hydrogen (secondary N) is 1. The fraction of sp³-hybridized carbons (Fsp3) is 0.455. The van der Waals surface area contributed by atoms with E-state index in [9.17, 15) is 9.50 Å². The highest BCUT2D eigenvalue weighted by atomic mass is 19.1. The predicted octanol–water partition coefficient (Wildman–Crippen LogP) is 3.45. The lowest BCUT2D eigenvalue weighted by Crippen LogP contribution is -2.48. The number of hydrogen-bond acceptors (Lipinski definition) is 5. The number of hydrogen-bond donors (Lipinski definition) is 4. The van der Waals surface area contributed by atoms with Gasteiger partial charge in [-0.2, -0.15) is 0 Å². The highest BCUT2D eigenvalue weighted by Gasteiger charge is 2.47. The van der Waals surface area contributed by atoms with Crippen LogP contribution in [0.3, 0.4) is 0 Å². The van der Waals surface area contributed by atoms with E-state index in [1.165, 1.54) is 17.7 Å². The van der Waals surface area contributed by atoms with Crippen molar-refractivity contribution in [2.45, 2.75) is 38.3 Å². The van der Waals surface area contributed by atoms with Crippen molar-refractivity contribution in [2.24, 2.45) is 17.7 Å². The Balaban J connectivity index is 1.91. The minimum Gasteiger partial charge on any atom is -0.397 e. The zero-order valence-electron chi connectivity index (χ0n) is 16.7. The third-order valence-electron chi connectivity index (χ3n) is 6.12. The molecule has 3 atom stereocenters. The number of nitrogen functional groups attached to an aromatic ring is 2. The summed E-state index contributed by atoms with van der Waals surface area (Å²) in [6.45, 7) is 3.50. The number of benzene rings is 2. The third kappa shape index (κ3) is 3.99. The molecule has 1 saturated carbocycles. The molecule has 0 aliphatic heterocycles. The number of aliphatic hydroxyl groups is 1. The molecule has 1 aliphatic rings. The van der Waals surface area contributed by atoms with Crippen LogP contribution in [-0.2, 0) is 12.1 Å². The highest BCUT2D eigenvalue weighted by Crippen LogP contribution is 2.49. The van der Waals surface area contributed by atoms with Crippen LogP contribution in [0.15, 0.2) is 42.5 Å². The lowest BCUT2D eigenvalue weighted by Gasteiger charge is -2.47. The number of anilines is 2. The van der Waals surface area contributed by atoms with Crippen molar-refractivity contribution in [2.75, 3.05) is 24.8 Å². The quantitative estimate of drug-likeness (QED) is 0.347. The molecule has 6 heteroatoms. The van der Waals surface area contributed by atoms with Crippen molar-refractivity contribution in [1.29, 1.82) is 0 Å². The van der Waals surface area contributed by atoms with Crippen LogP contribution in [0.1, 0.15) is 37.3 Å². The van der Waals surface area contributed by atoms with Gasteiger partial charge in [0.1, 0.15) is 5.82 Å². The van der Waals surface area contributed by atoms with Crippen LogP contribution < -0.4 is 17.0 Å². The molecule has 5 nitrogen and oxygen atoms in total.